The Hall–Kier alpha value is -3.10. The molecule has 0 N–H and O–H groups in total. The Morgan fingerprint density at radius 3 is 2.48 bits per heavy atom. The summed E-state index contributed by atoms with van der Waals surface area (Å²) in [6.45, 7) is 1.57. The Kier molecular flexibility index (Phi) is 5.50. The largest absolute Gasteiger partial charge is 0.493 e. The number of benzene rings is 3. The van der Waals surface area contributed by atoms with Gasteiger partial charge in [-0.15, -0.1) is 0 Å². The van der Waals surface area contributed by atoms with Gasteiger partial charge in [0.25, 0.3) is 0 Å². The van der Waals surface area contributed by atoms with Gasteiger partial charge < -0.3 is 13.7 Å². The maximum atomic E-state index is 13.5. The highest BCUT2D eigenvalue weighted by molar-refractivity contribution is 7.87. The minimum atomic E-state index is -4.12. The molecule has 0 spiro atoms. The van der Waals surface area contributed by atoms with Crippen LogP contribution in [0.25, 0.3) is 0 Å². The van der Waals surface area contributed by atoms with E-state index in [-0.39, 0.29) is 16.7 Å². The van der Waals surface area contributed by atoms with E-state index < -0.39 is 15.9 Å². The van der Waals surface area contributed by atoms with Crippen molar-refractivity contribution in [2.75, 3.05) is 20.8 Å². The van der Waals surface area contributed by atoms with E-state index in [9.17, 15) is 12.8 Å². The van der Waals surface area contributed by atoms with Gasteiger partial charge in [0.15, 0.2) is 11.5 Å². The van der Waals surface area contributed by atoms with E-state index in [4.69, 9.17) is 13.7 Å². The van der Waals surface area contributed by atoms with Crippen molar-refractivity contribution >= 4 is 10.1 Å². The van der Waals surface area contributed by atoms with Crippen LogP contribution in [0.1, 0.15) is 28.3 Å². The van der Waals surface area contributed by atoms with Crippen molar-refractivity contribution in [1.29, 1.82) is 0 Å². The summed E-state index contributed by atoms with van der Waals surface area (Å²) in [5.41, 5.74) is 4.67. The quantitative estimate of drug-likeness (QED) is 0.520. The molecule has 0 fully saturated rings. The van der Waals surface area contributed by atoms with Crippen LogP contribution >= 0.6 is 0 Å². The molecule has 3 aromatic carbocycles. The molecular formula is C25H24FNO5S. The van der Waals surface area contributed by atoms with Crippen LogP contribution in [-0.4, -0.2) is 34.1 Å². The molecule has 172 valence electrons. The predicted molar refractivity (Wildman–Crippen MR) is 121 cm³/mol. The van der Waals surface area contributed by atoms with E-state index in [0.717, 1.165) is 48.1 Å². The van der Waals surface area contributed by atoms with Gasteiger partial charge in [0.1, 0.15) is 16.5 Å². The summed E-state index contributed by atoms with van der Waals surface area (Å²) in [6, 6.07) is 14.5. The minimum Gasteiger partial charge on any atom is -0.493 e. The molecule has 0 aromatic heterocycles. The lowest BCUT2D eigenvalue weighted by atomic mass is 9.84. The van der Waals surface area contributed by atoms with Crippen molar-refractivity contribution in [2.24, 2.45) is 0 Å². The predicted octanol–water partition coefficient (Wildman–Crippen LogP) is 4.27. The first-order valence-electron chi connectivity index (χ1n) is 10.7. The van der Waals surface area contributed by atoms with Gasteiger partial charge in [-0.1, -0.05) is 12.1 Å². The van der Waals surface area contributed by atoms with Crippen molar-refractivity contribution in [3.63, 3.8) is 0 Å². The molecule has 6 nitrogen and oxygen atoms in total. The molecule has 3 aromatic rings. The van der Waals surface area contributed by atoms with E-state index in [1.54, 1.807) is 26.4 Å². The SMILES string of the molecule is COc1cc2c(cc1OC)C1Cc3ccc(OS(=O)(=O)c4cccc(F)c4)cc3CN1CC2. The third-order valence-corrected chi connectivity index (χ3v) is 7.61. The molecule has 5 rings (SSSR count). The Morgan fingerprint density at radius 1 is 0.939 bits per heavy atom. The van der Waals surface area contributed by atoms with Crippen molar-refractivity contribution in [3.05, 3.63) is 82.7 Å². The molecule has 0 aliphatic carbocycles. The lowest BCUT2D eigenvalue weighted by Crippen LogP contribution is -2.39. The first-order chi connectivity index (χ1) is 15.9. The van der Waals surface area contributed by atoms with Crippen LogP contribution in [0.3, 0.4) is 0 Å². The maximum Gasteiger partial charge on any atom is 0.339 e. The Balaban J connectivity index is 1.42. The third-order valence-electron chi connectivity index (χ3n) is 6.37. The normalized spacial score (nSPS) is 17.5. The van der Waals surface area contributed by atoms with Gasteiger partial charge in [-0.05, 0) is 77.6 Å². The van der Waals surface area contributed by atoms with E-state index >= 15 is 0 Å². The number of methoxy groups -OCH3 is 2. The topological polar surface area (TPSA) is 65.1 Å². The highest BCUT2D eigenvalue weighted by atomic mass is 32.2. The molecule has 0 amide bonds. The molecule has 1 unspecified atom stereocenters. The van der Waals surface area contributed by atoms with E-state index in [0.29, 0.717) is 6.54 Å². The fraction of sp³-hybridized carbons (Fsp3) is 0.280. The third kappa shape index (κ3) is 4.05. The zero-order valence-corrected chi connectivity index (χ0v) is 19.2. The lowest BCUT2D eigenvalue weighted by molar-refractivity contribution is 0.160. The maximum absolute atomic E-state index is 13.5. The highest BCUT2D eigenvalue weighted by Crippen LogP contribution is 2.43. The minimum absolute atomic E-state index is 0.211. The van der Waals surface area contributed by atoms with Crippen LogP contribution in [0.5, 0.6) is 17.2 Å². The number of fused-ring (bicyclic) bond motifs is 4. The monoisotopic (exact) mass is 469 g/mol. The molecule has 0 saturated carbocycles. The van der Waals surface area contributed by atoms with E-state index in [2.05, 4.69) is 17.0 Å². The van der Waals surface area contributed by atoms with Gasteiger partial charge in [-0.3, -0.25) is 4.90 Å². The Labute approximate surface area is 192 Å². The number of nitrogens with zero attached hydrogens (tertiary/aromatic N) is 1. The summed E-state index contributed by atoms with van der Waals surface area (Å²) >= 11 is 0. The average Bonchev–Trinajstić information content (AvgIpc) is 2.81. The first-order valence-corrected chi connectivity index (χ1v) is 12.1. The summed E-state index contributed by atoms with van der Waals surface area (Å²) in [5.74, 6) is 1.05. The fourth-order valence-corrected chi connectivity index (χ4v) is 5.69. The molecule has 2 aliphatic heterocycles. The molecular weight excluding hydrogens is 445 g/mol. The fourth-order valence-electron chi connectivity index (χ4n) is 4.73. The van der Waals surface area contributed by atoms with Crippen molar-refractivity contribution in [3.8, 4) is 17.2 Å². The van der Waals surface area contributed by atoms with Crippen LogP contribution in [0.2, 0.25) is 0 Å². The van der Waals surface area contributed by atoms with Crippen molar-refractivity contribution in [2.45, 2.75) is 30.3 Å². The molecule has 8 heteroatoms. The number of hydrogen-bond donors (Lipinski definition) is 0. The highest BCUT2D eigenvalue weighted by Gasteiger charge is 2.33. The number of halogens is 1. The second-order valence-electron chi connectivity index (χ2n) is 8.27. The molecule has 1 atom stereocenters. The van der Waals surface area contributed by atoms with E-state index in [1.807, 2.05) is 6.07 Å². The van der Waals surface area contributed by atoms with Gasteiger partial charge in [-0.25, -0.2) is 4.39 Å². The molecule has 33 heavy (non-hydrogen) atoms. The van der Waals surface area contributed by atoms with Crippen LogP contribution in [-0.2, 0) is 29.5 Å². The van der Waals surface area contributed by atoms with Crippen molar-refractivity contribution < 1.29 is 26.5 Å². The van der Waals surface area contributed by atoms with Gasteiger partial charge in [0.2, 0.25) is 0 Å². The Bertz CT molecular complexity index is 1320. The summed E-state index contributed by atoms with van der Waals surface area (Å²) in [7, 11) is -0.837. The van der Waals surface area contributed by atoms with Crippen molar-refractivity contribution in [1.82, 2.24) is 4.90 Å². The van der Waals surface area contributed by atoms with Gasteiger partial charge in [0.05, 0.1) is 14.2 Å². The second-order valence-corrected chi connectivity index (χ2v) is 9.82. The summed E-state index contributed by atoms with van der Waals surface area (Å²) < 4.78 is 54.9. The zero-order valence-electron chi connectivity index (χ0n) is 18.4. The number of ether oxygens (including phenoxy) is 2. The average molecular weight is 470 g/mol. The molecule has 0 saturated heterocycles. The number of hydrogen-bond acceptors (Lipinski definition) is 6. The van der Waals surface area contributed by atoms with Gasteiger partial charge in [-0.2, -0.15) is 8.42 Å². The summed E-state index contributed by atoms with van der Waals surface area (Å²) in [6.07, 6.45) is 1.69. The Morgan fingerprint density at radius 2 is 1.73 bits per heavy atom. The molecule has 0 bridgehead atoms. The zero-order chi connectivity index (χ0) is 23.2. The second kappa shape index (κ2) is 8.35. The van der Waals surface area contributed by atoms with Crippen LogP contribution in [0.4, 0.5) is 4.39 Å². The van der Waals surface area contributed by atoms with Gasteiger partial charge >= 0.3 is 10.1 Å². The standard InChI is InChI=1S/C25H24FNO5S/c1-30-24-12-17-8-9-27-15-18-10-20(32-33(28,29)21-5-3-4-19(26)13-21)7-6-16(18)11-23(27)22(17)14-25(24)31-2/h3-7,10,12-14,23H,8-9,11,15H2,1-2H3. The van der Waals surface area contributed by atoms with Crippen LogP contribution in [0.15, 0.2) is 59.5 Å². The first kappa shape index (κ1) is 21.7. The number of rotatable bonds is 5. The smallest absolute Gasteiger partial charge is 0.339 e. The van der Waals surface area contributed by atoms with Crippen LogP contribution in [0, 0.1) is 5.82 Å². The molecule has 0 radical (unpaired) electrons. The molecule has 2 aliphatic rings. The molecule has 2 heterocycles. The summed E-state index contributed by atoms with van der Waals surface area (Å²) in [4.78, 5) is 2.18. The lowest BCUT2D eigenvalue weighted by Gasteiger charge is -2.41. The van der Waals surface area contributed by atoms with Gasteiger partial charge in [0, 0.05) is 19.1 Å². The van der Waals surface area contributed by atoms with Crippen LogP contribution < -0.4 is 13.7 Å². The summed E-state index contributed by atoms with van der Waals surface area (Å²) in [5, 5.41) is 0. The van der Waals surface area contributed by atoms with E-state index in [1.165, 1.54) is 29.3 Å².